The molecule has 0 aliphatic rings. The Morgan fingerprint density at radius 3 is 2.36 bits per heavy atom. The molecule has 0 aromatic heterocycles. The molecule has 0 saturated carbocycles. The van der Waals surface area contributed by atoms with Crippen LogP contribution in [-0.2, 0) is 0 Å². The van der Waals surface area contributed by atoms with Gasteiger partial charge in [0.15, 0.2) is 0 Å². The maximum atomic E-state index is 9.24. The van der Waals surface area contributed by atoms with Gasteiger partial charge in [-0.25, -0.2) is 0 Å². The largest absolute Gasteiger partial charge is 0.395 e. The van der Waals surface area contributed by atoms with Gasteiger partial charge in [0.2, 0.25) is 0 Å². The van der Waals surface area contributed by atoms with Gasteiger partial charge in [-0.1, -0.05) is 6.92 Å². The van der Waals surface area contributed by atoms with E-state index in [4.69, 9.17) is 10.2 Å². The van der Waals surface area contributed by atoms with E-state index < -0.39 is 6.10 Å². The van der Waals surface area contributed by atoms with Crippen LogP contribution in [0.3, 0.4) is 0 Å². The van der Waals surface area contributed by atoms with Crippen LogP contribution in [0.1, 0.15) is 13.3 Å². The number of aliphatic hydroxyl groups is 3. The maximum absolute atomic E-state index is 9.24. The summed E-state index contributed by atoms with van der Waals surface area (Å²) in [5, 5.41) is 29.2. The Morgan fingerprint density at radius 2 is 2.00 bits per heavy atom. The van der Waals surface area contributed by atoms with E-state index in [1.807, 2.05) is 6.92 Å². The van der Waals surface area contributed by atoms with Gasteiger partial charge in [0.25, 0.3) is 0 Å². The number of aliphatic hydroxyl groups excluding tert-OH is 3. The molecule has 0 aromatic rings. The first-order valence-electron chi connectivity index (χ1n) is 3.89. The number of hydrogen-bond acceptors (Lipinski definition) is 4. The average molecular weight is 163 g/mol. The zero-order valence-electron chi connectivity index (χ0n) is 6.82. The summed E-state index contributed by atoms with van der Waals surface area (Å²) in [4.78, 5) is 0. The molecule has 0 amide bonds. The Morgan fingerprint density at radius 1 is 1.36 bits per heavy atom. The van der Waals surface area contributed by atoms with Crippen LogP contribution < -0.4 is 5.32 Å². The minimum Gasteiger partial charge on any atom is -0.395 e. The van der Waals surface area contributed by atoms with Crippen molar-refractivity contribution < 1.29 is 15.3 Å². The number of rotatable bonds is 6. The van der Waals surface area contributed by atoms with Gasteiger partial charge in [0, 0.05) is 6.54 Å². The predicted molar refractivity (Wildman–Crippen MR) is 42.3 cm³/mol. The third-order valence-electron chi connectivity index (χ3n) is 1.60. The molecule has 0 aromatic carbocycles. The summed E-state index contributed by atoms with van der Waals surface area (Å²) >= 11 is 0. The molecule has 0 aliphatic heterocycles. The summed E-state index contributed by atoms with van der Waals surface area (Å²) in [5.41, 5.74) is 0. The fourth-order valence-electron chi connectivity index (χ4n) is 0.857. The number of hydrogen-bond donors (Lipinski definition) is 4. The highest BCUT2D eigenvalue weighted by atomic mass is 16.3. The van der Waals surface area contributed by atoms with Crippen molar-refractivity contribution in [1.82, 2.24) is 5.32 Å². The van der Waals surface area contributed by atoms with Crippen molar-refractivity contribution in [3.8, 4) is 0 Å². The van der Waals surface area contributed by atoms with Gasteiger partial charge in [0.05, 0.1) is 25.4 Å². The standard InChI is InChI=1S/C7H17NO3/c1-2-7(11)6(5-10)8-3-4-9/h6-11H,2-5H2,1H3. The Kier molecular flexibility index (Phi) is 6.45. The normalized spacial score (nSPS) is 16.4. The molecule has 0 heterocycles. The van der Waals surface area contributed by atoms with Crippen LogP contribution in [-0.4, -0.2) is 47.2 Å². The van der Waals surface area contributed by atoms with Gasteiger partial charge in [-0.3, -0.25) is 0 Å². The predicted octanol–water partition coefficient (Wildman–Crippen LogP) is -1.30. The van der Waals surface area contributed by atoms with Gasteiger partial charge in [-0.15, -0.1) is 0 Å². The second-order valence-electron chi connectivity index (χ2n) is 2.44. The van der Waals surface area contributed by atoms with Crippen molar-refractivity contribution in [3.63, 3.8) is 0 Å². The van der Waals surface area contributed by atoms with Crippen LogP contribution in [0, 0.1) is 0 Å². The highest BCUT2D eigenvalue weighted by Gasteiger charge is 2.14. The second-order valence-corrected chi connectivity index (χ2v) is 2.44. The smallest absolute Gasteiger partial charge is 0.0713 e. The molecule has 0 bridgehead atoms. The molecule has 4 nitrogen and oxygen atoms in total. The summed E-state index contributed by atoms with van der Waals surface area (Å²) in [7, 11) is 0. The summed E-state index contributed by atoms with van der Waals surface area (Å²) in [6.45, 7) is 2.16. The third-order valence-corrected chi connectivity index (χ3v) is 1.60. The van der Waals surface area contributed by atoms with E-state index in [0.29, 0.717) is 13.0 Å². The Labute approximate surface area is 66.9 Å². The van der Waals surface area contributed by atoms with Crippen molar-refractivity contribution in [1.29, 1.82) is 0 Å². The van der Waals surface area contributed by atoms with Crippen molar-refractivity contribution in [2.24, 2.45) is 0 Å². The molecule has 0 aliphatic carbocycles. The Hall–Kier alpha value is -0.160. The van der Waals surface area contributed by atoms with Gasteiger partial charge in [0.1, 0.15) is 0 Å². The van der Waals surface area contributed by atoms with Gasteiger partial charge < -0.3 is 20.6 Å². The summed E-state index contributed by atoms with van der Waals surface area (Å²) in [6.07, 6.45) is 0.0652. The first kappa shape index (κ1) is 10.8. The third kappa shape index (κ3) is 4.31. The minimum atomic E-state index is -0.536. The molecule has 4 N–H and O–H groups in total. The topological polar surface area (TPSA) is 72.7 Å². The lowest BCUT2D eigenvalue weighted by Gasteiger charge is -2.20. The fourth-order valence-corrected chi connectivity index (χ4v) is 0.857. The van der Waals surface area contributed by atoms with E-state index in [0.717, 1.165) is 0 Å². The lowest BCUT2D eigenvalue weighted by Crippen LogP contribution is -2.43. The molecular formula is C7H17NO3. The van der Waals surface area contributed by atoms with Gasteiger partial charge in [-0.2, -0.15) is 0 Å². The highest BCUT2D eigenvalue weighted by molar-refractivity contribution is 4.73. The molecular weight excluding hydrogens is 146 g/mol. The minimum absolute atomic E-state index is 0.0208. The Balaban J connectivity index is 3.56. The number of nitrogens with one attached hydrogen (secondary N) is 1. The van der Waals surface area contributed by atoms with Crippen molar-refractivity contribution in [2.45, 2.75) is 25.5 Å². The summed E-state index contributed by atoms with van der Waals surface area (Å²) in [6, 6.07) is -0.313. The lowest BCUT2D eigenvalue weighted by molar-refractivity contribution is 0.0843. The fraction of sp³-hybridized carbons (Fsp3) is 1.00. The van der Waals surface area contributed by atoms with Crippen molar-refractivity contribution in [3.05, 3.63) is 0 Å². The van der Waals surface area contributed by atoms with Crippen LogP contribution in [0.4, 0.5) is 0 Å². The molecule has 0 fully saturated rings. The van der Waals surface area contributed by atoms with E-state index >= 15 is 0 Å². The maximum Gasteiger partial charge on any atom is 0.0713 e. The SMILES string of the molecule is CCC(O)C(CO)NCCO. The zero-order chi connectivity index (χ0) is 8.69. The first-order chi connectivity index (χ1) is 5.26. The summed E-state index contributed by atoms with van der Waals surface area (Å²) < 4.78 is 0. The first-order valence-corrected chi connectivity index (χ1v) is 3.89. The van der Waals surface area contributed by atoms with Crippen LogP contribution >= 0.6 is 0 Å². The Bertz CT molecular complexity index is 89.8. The lowest BCUT2D eigenvalue weighted by atomic mass is 10.1. The van der Waals surface area contributed by atoms with Crippen molar-refractivity contribution in [2.75, 3.05) is 19.8 Å². The van der Waals surface area contributed by atoms with Gasteiger partial charge >= 0.3 is 0 Å². The zero-order valence-corrected chi connectivity index (χ0v) is 6.82. The molecule has 68 valence electrons. The highest BCUT2D eigenvalue weighted by Crippen LogP contribution is 1.96. The summed E-state index contributed by atoms with van der Waals surface area (Å²) in [5.74, 6) is 0. The molecule has 0 spiro atoms. The molecule has 0 saturated heterocycles. The molecule has 0 radical (unpaired) electrons. The van der Waals surface area contributed by atoms with Crippen LogP contribution in [0.5, 0.6) is 0 Å². The second kappa shape index (κ2) is 6.54. The van der Waals surface area contributed by atoms with Crippen LogP contribution in [0.25, 0.3) is 0 Å². The molecule has 0 rings (SSSR count). The van der Waals surface area contributed by atoms with Crippen LogP contribution in [0.15, 0.2) is 0 Å². The molecule has 4 heteroatoms. The molecule has 11 heavy (non-hydrogen) atoms. The average Bonchev–Trinajstić information content (AvgIpc) is 2.05. The van der Waals surface area contributed by atoms with Crippen molar-refractivity contribution >= 4 is 0 Å². The van der Waals surface area contributed by atoms with E-state index in [1.165, 1.54) is 0 Å². The van der Waals surface area contributed by atoms with Gasteiger partial charge in [-0.05, 0) is 6.42 Å². The molecule has 2 unspecified atom stereocenters. The van der Waals surface area contributed by atoms with E-state index in [9.17, 15) is 5.11 Å². The van der Waals surface area contributed by atoms with E-state index in [2.05, 4.69) is 5.32 Å². The monoisotopic (exact) mass is 163 g/mol. The quantitative estimate of drug-likeness (QED) is 0.393. The van der Waals surface area contributed by atoms with E-state index in [-0.39, 0.29) is 19.3 Å². The van der Waals surface area contributed by atoms with E-state index in [1.54, 1.807) is 0 Å². The van der Waals surface area contributed by atoms with Crippen LogP contribution in [0.2, 0.25) is 0 Å². The molecule has 2 atom stereocenters.